The van der Waals surface area contributed by atoms with Crippen LogP contribution in [0.1, 0.15) is 61.5 Å². The van der Waals surface area contributed by atoms with Gasteiger partial charge in [0, 0.05) is 20.0 Å². The van der Waals surface area contributed by atoms with E-state index >= 15 is 0 Å². The van der Waals surface area contributed by atoms with Gasteiger partial charge in [-0.1, -0.05) is 80.6 Å². The third-order valence-electron chi connectivity index (χ3n) is 6.91. The summed E-state index contributed by atoms with van der Waals surface area (Å²) in [4.78, 5) is 15.4. The number of carbonyl (C=O) groups is 1. The molecule has 0 aromatic heterocycles. The van der Waals surface area contributed by atoms with Gasteiger partial charge in [0.15, 0.2) is 0 Å². The third-order valence-corrected chi connectivity index (χ3v) is 6.91. The molecule has 1 aliphatic carbocycles. The lowest BCUT2D eigenvalue weighted by Crippen LogP contribution is -2.37. The van der Waals surface area contributed by atoms with Gasteiger partial charge in [-0.3, -0.25) is 4.79 Å². The lowest BCUT2D eigenvalue weighted by molar-refractivity contribution is -0.132. The molecular formula is C31H36FNO2. The minimum atomic E-state index is -0.489. The molecule has 1 atom stereocenters. The van der Waals surface area contributed by atoms with Gasteiger partial charge in [-0.15, -0.1) is 0 Å². The van der Waals surface area contributed by atoms with Crippen molar-refractivity contribution in [2.24, 2.45) is 5.92 Å². The minimum absolute atomic E-state index is 0.188. The Bertz CT molecular complexity index is 1090. The number of rotatable bonds is 11. The Morgan fingerprint density at radius 3 is 2.14 bits per heavy atom. The van der Waals surface area contributed by atoms with E-state index in [0.29, 0.717) is 30.2 Å². The summed E-state index contributed by atoms with van der Waals surface area (Å²) in [6.45, 7) is 4.55. The molecule has 1 amide bonds. The summed E-state index contributed by atoms with van der Waals surface area (Å²) in [5.74, 6) is 1.50. The highest BCUT2D eigenvalue weighted by molar-refractivity contribution is 5.91. The average molecular weight is 474 g/mol. The van der Waals surface area contributed by atoms with Crippen LogP contribution in [0.25, 0.3) is 0 Å². The highest BCUT2D eigenvalue weighted by atomic mass is 19.1. The molecular weight excluding hydrogens is 437 g/mol. The number of ether oxygens (including phenoxy) is 1. The molecule has 0 radical (unpaired) electrons. The van der Waals surface area contributed by atoms with Gasteiger partial charge in [-0.05, 0) is 59.6 Å². The van der Waals surface area contributed by atoms with Crippen molar-refractivity contribution in [3.05, 3.63) is 101 Å². The zero-order valence-electron chi connectivity index (χ0n) is 21.0. The van der Waals surface area contributed by atoms with E-state index in [4.69, 9.17) is 4.74 Å². The van der Waals surface area contributed by atoms with Crippen LogP contribution in [0.3, 0.4) is 0 Å². The van der Waals surface area contributed by atoms with Crippen molar-refractivity contribution in [2.45, 2.75) is 57.7 Å². The fourth-order valence-electron chi connectivity index (χ4n) is 4.74. The number of hydrogen-bond donors (Lipinski definition) is 0. The van der Waals surface area contributed by atoms with Crippen molar-refractivity contribution >= 4 is 5.91 Å². The molecule has 184 valence electrons. The van der Waals surface area contributed by atoms with Gasteiger partial charge < -0.3 is 9.64 Å². The molecule has 3 aromatic carbocycles. The predicted molar refractivity (Wildman–Crippen MR) is 139 cm³/mol. The molecule has 35 heavy (non-hydrogen) atoms. The number of amides is 1. The van der Waals surface area contributed by atoms with Crippen molar-refractivity contribution < 1.29 is 13.9 Å². The number of carbonyl (C=O) groups excluding carboxylic acids is 1. The van der Waals surface area contributed by atoms with Gasteiger partial charge in [0.05, 0.1) is 5.41 Å². The summed E-state index contributed by atoms with van der Waals surface area (Å²) in [6.07, 6.45) is 3.32. The van der Waals surface area contributed by atoms with Crippen LogP contribution in [0.15, 0.2) is 78.9 Å². The first kappa shape index (κ1) is 25.0. The summed E-state index contributed by atoms with van der Waals surface area (Å²) in [5.41, 5.74) is 3.76. The maximum atomic E-state index is 13.5. The van der Waals surface area contributed by atoms with Gasteiger partial charge in [-0.2, -0.15) is 0 Å². The third kappa shape index (κ3) is 6.11. The Morgan fingerprint density at radius 2 is 1.57 bits per heavy atom. The molecule has 0 N–H and O–H groups in total. The summed E-state index contributed by atoms with van der Waals surface area (Å²) < 4.78 is 19.2. The van der Waals surface area contributed by atoms with Crippen molar-refractivity contribution in [1.82, 2.24) is 4.90 Å². The molecule has 4 rings (SSSR count). The maximum Gasteiger partial charge on any atom is 0.232 e. The lowest BCUT2D eigenvalue weighted by atomic mass is 9.92. The second-order valence-corrected chi connectivity index (χ2v) is 10.2. The molecule has 0 saturated heterocycles. The van der Waals surface area contributed by atoms with Crippen LogP contribution in [-0.2, 0) is 23.3 Å². The first-order valence-electron chi connectivity index (χ1n) is 12.6. The quantitative estimate of drug-likeness (QED) is 0.298. The Balaban J connectivity index is 1.43. The Kier molecular flexibility index (Phi) is 7.90. The number of hydrogen-bond acceptors (Lipinski definition) is 2. The predicted octanol–water partition coefficient (Wildman–Crippen LogP) is 7.06. The van der Waals surface area contributed by atoms with E-state index in [1.54, 1.807) is 12.1 Å². The van der Waals surface area contributed by atoms with Crippen LogP contribution < -0.4 is 4.74 Å². The van der Waals surface area contributed by atoms with Crippen molar-refractivity contribution in [2.75, 3.05) is 13.6 Å². The second kappa shape index (κ2) is 11.1. The van der Waals surface area contributed by atoms with Crippen molar-refractivity contribution in [1.29, 1.82) is 0 Å². The van der Waals surface area contributed by atoms with Crippen LogP contribution in [0.5, 0.6) is 5.75 Å². The molecule has 1 fully saturated rings. The van der Waals surface area contributed by atoms with E-state index in [0.717, 1.165) is 30.4 Å². The van der Waals surface area contributed by atoms with E-state index in [-0.39, 0.29) is 17.4 Å². The highest BCUT2D eigenvalue weighted by Gasteiger charge is 2.52. The number of halogens is 1. The minimum Gasteiger partial charge on any atom is -0.486 e. The number of benzene rings is 3. The van der Waals surface area contributed by atoms with E-state index in [1.165, 1.54) is 5.56 Å². The van der Waals surface area contributed by atoms with Gasteiger partial charge in [-0.25, -0.2) is 4.39 Å². The smallest absolute Gasteiger partial charge is 0.232 e. The summed E-state index contributed by atoms with van der Waals surface area (Å²) >= 11 is 0. The van der Waals surface area contributed by atoms with E-state index in [1.807, 2.05) is 54.4 Å². The maximum absolute atomic E-state index is 13.5. The molecule has 4 heteroatoms. The van der Waals surface area contributed by atoms with Crippen LogP contribution in [0.2, 0.25) is 0 Å². The lowest BCUT2D eigenvalue weighted by Gasteiger charge is -2.27. The molecule has 3 nitrogen and oxygen atoms in total. The molecule has 1 saturated carbocycles. The standard InChI is InChI=1S/C31H36FNO2/c1-23(2)21-24-9-13-27(14-10-24)31(18-19-31)30(34)33(3)20-17-29(26-7-5-4-6-8-26)35-28-15-11-25(22-32)12-16-28/h4-16,23,29H,17-22H2,1-3H3/t29-/m0/s1. The molecule has 3 aromatic rings. The summed E-state index contributed by atoms with van der Waals surface area (Å²) in [5, 5.41) is 0. The molecule has 0 aliphatic heterocycles. The van der Waals surface area contributed by atoms with Gasteiger partial charge >= 0.3 is 0 Å². The first-order chi connectivity index (χ1) is 16.9. The zero-order chi connectivity index (χ0) is 24.8. The summed E-state index contributed by atoms with van der Waals surface area (Å²) in [6, 6.07) is 25.8. The van der Waals surface area contributed by atoms with Crippen LogP contribution >= 0.6 is 0 Å². The SMILES string of the molecule is CC(C)Cc1ccc(C2(C(=O)N(C)CC[C@H](Oc3ccc(CF)cc3)c3ccccc3)CC2)cc1. The van der Waals surface area contributed by atoms with Gasteiger partial charge in [0.1, 0.15) is 18.5 Å². The second-order valence-electron chi connectivity index (χ2n) is 10.2. The number of nitrogens with zero attached hydrogens (tertiary/aromatic N) is 1. The Morgan fingerprint density at radius 1 is 0.943 bits per heavy atom. The Labute approximate surface area is 208 Å². The molecule has 0 spiro atoms. The number of alkyl halides is 1. The molecule has 1 aliphatic rings. The van der Waals surface area contributed by atoms with E-state index in [2.05, 4.69) is 38.1 Å². The average Bonchev–Trinajstić information content (AvgIpc) is 3.69. The van der Waals surface area contributed by atoms with Crippen LogP contribution in [0.4, 0.5) is 4.39 Å². The van der Waals surface area contributed by atoms with Crippen molar-refractivity contribution in [3.8, 4) is 5.75 Å². The normalized spacial score (nSPS) is 15.0. The fraction of sp³-hybridized carbons (Fsp3) is 0.387. The molecule has 0 bridgehead atoms. The topological polar surface area (TPSA) is 29.5 Å². The highest BCUT2D eigenvalue weighted by Crippen LogP contribution is 2.49. The van der Waals surface area contributed by atoms with E-state index < -0.39 is 6.67 Å². The summed E-state index contributed by atoms with van der Waals surface area (Å²) in [7, 11) is 1.90. The van der Waals surface area contributed by atoms with E-state index in [9.17, 15) is 9.18 Å². The first-order valence-corrected chi connectivity index (χ1v) is 12.6. The van der Waals surface area contributed by atoms with Gasteiger partial charge in [0.25, 0.3) is 0 Å². The van der Waals surface area contributed by atoms with Crippen LogP contribution in [0, 0.1) is 5.92 Å². The van der Waals surface area contributed by atoms with Crippen molar-refractivity contribution in [3.63, 3.8) is 0 Å². The monoisotopic (exact) mass is 473 g/mol. The Hall–Kier alpha value is -3.14. The largest absolute Gasteiger partial charge is 0.486 e. The van der Waals surface area contributed by atoms with Gasteiger partial charge in [0.2, 0.25) is 5.91 Å². The molecule has 0 heterocycles. The van der Waals surface area contributed by atoms with Crippen LogP contribution in [-0.4, -0.2) is 24.4 Å². The fourth-order valence-corrected chi connectivity index (χ4v) is 4.74. The molecule has 0 unspecified atom stereocenters. The zero-order valence-corrected chi connectivity index (χ0v) is 21.0. The number of likely N-dealkylation sites (N-methyl/N-ethyl adjacent to an activating group) is 1.